The molecule has 0 spiro atoms. The van der Waals surface area contributed by atoms with Crippen molar-refractivity contribution in [2.24, 2.45) is 5.10 Å². The Balaban J connectivity index is 1.33. The van der Waals surface area contributed by atoms with Gasteiger partial charge in [-0.05, 0) is 48.9 Å². The van der Waals surface area contributed by atoms with Gasteiger partial charge in [-0.2, -0.15) is 15.3 Å². The number of rotatable bonds is 7. The van der Waals surface area contributed by atoms with E-state index >= 15 is 0 Å². The first kappa shape index (κ1) is 23.3. The highest BCUT2D eigenvalue weighted by atomic mass is 35.5. The second kappa shape index (κ2) is 10.4. The number of aryl methyl sites for hydroxylation is 1. The van der Waals surface area contributed by atoms with Crippen LogP contribution in [0.2, 0.25) is 5.02 Å². The fourth-order valence-electron chi connectivity index (χ4n) is 3.78. The molecule has 0 saturated carbocycles. The summed E-state index contributed by atoms with van der Waals surface area (Å²) in [5.41, 5.74) is 8.46. The van der Waals surface area contributed by atoms with Crippen LogP contribution in [0.4, 0.5) is 0 Å². The Hall–Kier alpha value is -4.49. The molecule has 0 fully saturated rings. The van der Waals surface area contributed by atoms with Crippen molar-refractivity contribution in [3.8, 4) is 16.9 Å². The Labute approximate surface area is 213 Å². The van der Waals surface area contributed by atoms with E-state index in [1.165, 1.54) is 0 Å². The lowest BCUT2D eigenvalue weighted by molar-refractivity contribution is 0.0949. The number of carbonyl (C=O) groups excluding carboxylic acids is 1. The minimum atomic E-state index is -0.395. The molecule has 178 valence electrons. The molecule has 0 bridgehead atoms. The van der Waals surface area contributed by atoms with Gasteiger partial charge in [0.05, 0.1) is 18.4 Å². The van der Waals surface area contributed by atoms with E-state index in [2.05, 4.69) is 21.7 Å². The minimum Gasteiger partial charge on any atom is -0.268 e. The van der Waals surface area contributed by atoms with E-state index < -0.39 is 5.91 Å². The van der Waals surface area contributed by atoms with Gasteiger partial charge in [-0.25, -0.2) is 10.1 Å². The smallest absolute Gasteiger partial charge is 0.268 e. The van der Waals surface area contributed by atoms with E-state index in [1.54, 1.807) is 27.8 Å². The van der Waals surface area contributed by atoms with Crippen LogP contribution >= 0.6 is 11.6 Å². The van der Waals surface area contributed by atoms with Crippen LogP contribution in [0.15, 0.2) is 102 Å². The van der Waals surface area contributed by atoms with Crippen LogP contribution in [0.25, 0.3) is 16.9 Å². The lowest BCUT2D eigenvalue weighted by atomic mass is 10.1. The quantitative estimate of drug-likeness (QED) is 0.239. The number of halogens is 1. The third kappa shape index (κ3) is 5.42. The van der Waals surface area contributed by atoms with Gasteiger partial charge in [-0.3, -0.25) is 9.48 Å². The fourth-order valence-corrected chi connectivity index (χ4v) is 3.90. The van der Waals surface area contributed by atoms with Gasteiger partial charge in [0.15, 0.2) is 5.69 Å². The Morgan fingerprint density at radius 3 is 2.58 bits per heavy atom. The van der Waals surface area contributed by atoms with Crippen molar-refractivity contribution in [2.45, 2.75) is 13.5 Å². The molecule has 36 heavy (non-hydrogen) atoms. The minimum absolute atomic E-state index is 0.278. The number of hydrogen-bond donors (Lipinski definition) is 1. The molecule has 0 unspecified atom stereocenters. The molecule has 0 aliphatic carbocycles. The Bertz CT molecular complexity index is 1520. The third-order valence-corrected chi connectivity index (χ3v) is 5.81. The van der Waals surface area contributed by atoms with Gasteiger partial charge in [0.25, 0.3) is 5.91 Å². The summed E-state index contributed by atoms with van der Waals surface area (Å²) < 4.78 is 3.50. The number of hydrazone groups is 1. The predicted molar refractivity (Wildman–Crippen MR) is 142 cm³/mol. The van der Waals surface area contributed by atoms with Crippen molar-refractivity contribution in [3.63, 3.8) is 0 Å². The maximum Gasteiger partial charge on any atom is 0.291 e. The van der Waals surface area contributed by atoms with Gasteiger partial charge in [-0.15, -0.1) is 0 Å². The zero-order valence-electron chi connectivity index (χ0n) is 19.5. The monoisotopic (exact) mass is 494 g/mol. The molecule has 0 aliphatic heterocycles. The predicted octanol–water partition coefficient (Wildman–Crippen LogP) is 5.51. The third-order valence-electron chi connectivity index (χ3n) is 5.56. The molecule has 0 saturated heterocycles. The first-order chi connectivity index (χ1) is 17.5. The van der Waals surface area contributed by atoms with Crippen LogP contribution in [-0.2, 0) is 6.54 Å². The van der Waals surface area contributed by atoms with E-state index in [0.717, 1.165) is 33.6 Å². The summed E-state index contributed by atoms with van der Waals surface area (Å²) in [5, 5.41) is 14.0. The van der Waals surface area contributed by atoms with Gasteiger partial charge in [-0.1, -0.05) is 65.7 Å². The van der Waals surface area contributed by atoms with E-state index in [-0.39, 0.29) is 5.69 Å². The van der Waals surface area contributed by atoms with Gasteiger partial charge in [0, 0.05) is 28.5 Å². The lowest BCUT2D eigenvalue weighted by Gasteiger charge is -2.02. The molecule has 0 radical (unpaired) electrons. The van der Waals surface area contributed by atoms with Gasteiger partial charge >= 0.3 is 0 Å². The highest BCUT2D eigenvalue weighted by Crippen LogP contribution is 2.23. The van der Waals surface area contributed by atoms with Crippen molar-refractivity contribution in [2.75, 3.05) is 0 Å². The van der Waals surface area contributed by atoms with Crippen LogP contribution in [0.1, 0.15) is 27.2 Å². The number of aromatic nitrogens is 4. The van der Waals surface area contributed by atoms with Crippen LogP contribution < -0.4 is 5.43 Å². The topological polar surface area (TPSA) is 77.1 Å². The standard InChI is InChI=1S/C28H23ClN6O/c1-20-6-5-7-22(16-20)27-23(19-35(33-27)25-8-3-2-4-9-25)17-30-31-28(36)26-14-15-34(32-26)18-21-10-12-24(29)13-11-21/h2-17,19H,18H2,1H3,(H,31,36). The average Bonchev–Trinajstić information content (AvgIpc) is 3.54. The summed E-state index contributed by atoms with van der Waals surface area (Å²) in [5.74, 6) is -0.395. The number of carbonyl (C=O) groups is 1. The molecule has 2 heterocycles. The number of nitrogens with zero attached hydrogens (tertiary/aromatic N) is 5. The van der Waals surface area contributed by atoms with E-state index in [1.807, 2.05) is 85.9 Å². The molecular formula is C28H23ClN6O. The zero-order chi connectivity index (χ0) is 24.9. The Morgan fingerprint density at radius 1 is 1.00 bits per heavy atom. The SMILES string of the molecule is Cc1cccc(-c2nn(-c3ccccc3)cc2C=NNC(=O)c2ccn(Cc3ccc(Cl)cc3)n2)c1. The molecule has 0 aliphatic rings. The number of hydrogen-bond acceptors (Lipinski definition) is 4. The largest absolute Gasteiger partial charge is 0.291 e. The molecule has 3 aromatic carbocycles. The molecule has 1 N–H and O–H groups in total. The first-order valence-electron chi connectivity index (χ1n) is 11.4. The summed E-state index contributed by atoms with van der Waals surface area (Å²) in [6.07, 6.45) is 5.25. The van der Waals surface area contributed by atoms with E-state index in [4.69, 9.17) is 16.7 Å². The van der Waals surface area contributed by atoms with Crippen molar-refractivity contribution in [1.82, 2.24) is 25.0 Å². The highest BCUT2D eigenvalue weighted by Gasteiger charge is 2.13. The van der Waals surface area contributed by atoms with Crippen LogP contribution in [0, 0.1) is 6.92 Å². The van der Waals surface area contributed by atoms with Crippen molar-refractivity contribution >= 4 is 23.7 Å². The number of amides is 1. The zero-order valence-corrected chi connectivity index (χ0v) is 20.3. The number of benzene rings is 3. The van der Waals surface area contributed by atoms with Crippen LogP contribution in [0.3, 0.4) is 0 Å². The molecule has 0 atom stereocenters. The maximum atomic E-state index is 12.6. The average molecular weight is 495 g/mol. The van der Waals surface area contributed by atoms with E-state index in [9.17, 15) is 4.79 Å². The summed E-state index contributed by atoms with van der Waals surface area (Å²) >= 11 is 5.94. The second-order valence-electron chi connectivity index (χ2n) is 8.31. The number of nitrogens with one attached hydrogen (secondary N) is 1. The summed E-state index contributed by atoms with van der Waals surface area (Å²) in [7, 11) is 0. The normalized spacial score (nSPS) is 11.2. The molecule has 5 aromatic rings. The molecule has 2 aromatic heterocycles. The summed E-state index contributed by atoms with van der Waals surface area (Å²) in [6.45, 7) is 2.57. The summed E-state index contributed by atoms with van der Waals surface area (Å²) in [6, 6.07) is 27.1. The highest BCUT2D eigenvalue weighted by molar-refractivity contribution is 6.30. The van der Waals surface area contributed by atoms with Gasteiger partial charge in [0.1, 0.15) is 5.69 Å². The molecule has 1 amide bonds. The molecule has 7 nitrogen and oxygen atoms in total. The van der Waals surface area contributed by atoms with Gasteiger partial charge in [0.2, 0.25) is 0 Å². The van der Waals surface area contributed by atoms with Crippen LogP contribution in [0.5, 0.6) is 0 Å². The molecular weight excluding hydrogens is 472 g/mol. The second-order valence-corrected chi connectivity index (χ2v) is 8.74. The Morgan fingerprint density at radius 2 is 1.81 bits per heavy atom. The van der Waals surface area contributed by atoms with Crippen LogP contribution in [-0.4, -0.2) is 31.7 Å². The number of para-hydroxylation sites is 1. The van der Waals surface area contributed by atoms with Crippen molar-refractivity contribution in [1.29, 1.82) is 0 Å². The lowest BCUT2D eigenvalue weighted by Crippen LogP contribution is -2.18. The molecule has 8 heteroatoms. The van der Waals surface area contributed by atoms with Gasteiger partial charge < -0.3 is 0 Å². The molecule has 5 rings (SSSR count). The van der Waals surface area contributed by atoms with Crippen molar-refractivity contribution in [3.05, 3.63) is 125 Å². The fraction of sp³-hybridized carbons (Fsp3) is 0.0714. The van der Waals surface area contributed by atoms with Crippen molar-refractivity contribution < 1.29 is 4.79 Å². The van der Waals surface area contributed by atoms with E-state index in [0.29, 0.717) is 11.6 Å². The Kier molecular flexibility index (Phi) is 6.73. The first-order valence-corrected chi connectivity index (χ1v) is 11.8. The summed E-state index contributed by atoms with van der Waals surface area (Å²) in [4.78, 5) is 12.6. The maximum absolute atomic E-state index is 12.6.